The molecule has 0 atom stereocenters. The number of hydrogen-bond donors (Lipinski definition) is 0. The van der Waals surface area contributed by atoms with Crippen molar-refractivity contribution in [3.05, 3.63) is 75.3 Å². The van der Waals surface area contributed by atoms with Crippen LogP contribution in [0.3, 0.4) is 0 Å². The first kappa shape index (κ1) is 21.3. The number of piperazine rings is 1. The zero-order chi connectivity index (χ0) is 23.1. The van der Waals surface area contributed by atoms with E-state index >= 15 is 0 Å². The maximum atomic E-state index is 12.8. The molecule has 1 fully saturated rings. The van der Waals surface area contributed by atoms with Crippen LogP contribution in [0.15, 0.2) is 47.3 Å². The molecule has 5 rings (SSSR count). The van der Waals surface area contributed by atoms with Crippen LogP contribution in [0.5, 0.6) is 0 Å². The van der Waals surface area contributed by atoms with Crippen molar-refractivity contribution in [3.8, 4) is 0 Å². The Labute approximate surface area is 192 Å². The van der Waals surface area contributed by atoms with Gasteiger partial charge in [0.2, 0.25) is 11.7 Å². The minimum absolute atomic E-state index is 0.0687. The number of nitrogens with zero attached hydrogens (tertiary/aromatic N) is 6. The molecule has 3 heterocycles. The van der Waals surface area contributed by atoms with Gasteiger partial charge in [0.15, 0.2) is 5.82 Å². The molecule has 170 valence electrons. The Kier molecular flexibility index (Phi) is 5.46. The minimum atomic E-state index is -0.0687. The highest BCUT2D eigenvalue weighted by molar-refractivity contribution is 5.81. The lowest BCUT2D eigenvalue weighted by atomic mass is 10.1. The van der Waals surface area contributed by atoms with Crippen molar-refractivity contribution in [2.24, 2.45) is 7.05 Å². The summed E-state index contributed by atoms with van der Waals surface area (Å²) in [7, 11) is 1.73. The Morgan fingerprint density at radius 3 is 2.36 bits per heavy atom. The van der Waals surface area contributed by atoms with E-state index in [0.717, 1.165) is 35.6 Å². The highest BCUT2D eigenvalue weighted by Gasteiger charge is 2.23. The zero-order valence-corrected chi connectivity index (χ0v) is 19.3. The Hall–Kier alpha value is -3.52. The van der Waals surface area contributed by atoms with Gasteiger partial charge < -0.3 is 4.90 Å². The van der Waals surface area contributed by atoms with Gasteiger partial charge in [-0.2, -0.15) is 0 Å². The average molecular weight is 445 g/mol. The van der Waals surface area contributed by atoms with Crippen molar-refractivity contribution in [3.63, 3.8) is 0 Å². The third-order valence-corrected chi connectivity index (χ3v) is 6.51. The largest absolute Gasteiger partial charge is 0.340 e. The predicted molar refractivity (Wildman–Crippen MR) is 127 cm³/mol. The molecule has 2 aromatic heterocycles. The van der Waals surface area contributed by atoms with Crippen molar-refractivity contribution >= 4 is 22.6 Å². The molecule has 0 bridgehead atoms. The van der Waals surface area contributed by atoms with Gasteiger partial charge >= 0.3 is 0 Å². The van der Waals surface area contributed by atoms with E-state index in [-0.39, 0.29) is 11.5 Å². The number of aryl methyl sites for hydroxylation is 3. The molecule has 1 saturated heterocycles. The first-order valence-corrected chi connectivity index (χ1v) is 11.3. The number of hydrogen-bond acceptors (Lipinski definition) is 5. The lowest BCUT2D eigenvalue weighted by molar-refractivity contribution is -0.132. The Bertz CT molecular complexity index is 1390. The van der Waals surface area contributed by atoms with E-state index in [9.17, 15) is 9.59 Å². The monoisotopic (exact) mass is 444 g/mol. The van der Waals surface area contributed by atoms with Crippen LogP contribution >= 0.6 is 0 Å². The lowest BCUT2D eigenvalue weighted by Gasteiger charge is -2.34. The van der Waals surface area contributed by atoms with Gasteiger partial charge in [-0.3, -0.25) is 23.5 Å². The minimum Gasteiger partial charge on any atom is -0.340 e. The van der Waals surface area contributed by atoms with E-state index in [4.69, 9.17) is 0 Å². The molecule has 0 radical (unpaired) electrons. The SMILES string of the molecule is Cc1ccc(CC(=O)N2CCN(Cc3nnc4n(C)c(=O)c5cc(C)ccc5n34)CC2)cc1. The van der Waals surface area contributed by atoms with Crippen molar-refractivity contribution in [2.75, 3.05) is 26.2 Å². The maximum Gasteiger partial charge on any atom is 0.262 e. The number of carbonyl (C=O) groups is 1. The summed E-state index contributed by atoms with van der Waals surface area (Å²) in [6, 6.07) is 14.0. The molecule has 8 heteroatoms. The van der Waals surface area contributed by atoms with Crippen LogP contribution in [-0.2, 0) is 24.8 Å². The molecular weight excluding hydrogens is 416 g/mol. The second-order valence-electron chi connectivity index (χ2n) is 8.96. The molecular formula is C25H28N6O2. The van der Waals surface area contributed by atoms with Gasteiger partial charge in [0.25, 0.3) is 5.56 Å². The summed E-state index contributed by atoms with van der Waals surface area (Å²) in [6.45, 7) is 7.58. The van der Waals surface area contributed by atoms with E-state index in [1.165, 1.54) is 5.56 Å². The van der Waals surface area contributed by atoms with E-state index in [1.807, 2.05) is 65.6 Å². The van der Waals surface area contributed by atoms with Crippen LogP contribution in [0.2, 0.25) is 0 Å². The highest BCUT2D eigenvalue weighted by atomic mass is 16.2. The molecule has 33 heavy (non-hydrogen) atoms. The Balaban J connectivity index is 1.31. The smallest absolute Gasteiger partial charge is 0.262 e. The number of fused-ring (bicyclic) bond motifs is 3. The molecule has 0 saturated carbocycles. The summed E-state index contributed by atoms with van der Waals surface area (Å²) >= 11 is 0. The van der Waals surface area contributed by atoms with Crippen molar-refractivity contribution in [1.82, 2.24) is 29.0 Å². The van der Waals surface area contributed by atoms with E-state index < -0.39 is 0 Å². The van der Waals surface area contributed by atoms with E-state index in [0.29, 0.717) is 37.2 Å². The van der Waals surface area contributed by atoms with Gasteiger partial charge in [0.1, 0.15) is 0 Å². The summed E-state index contributed by atoms with van der Waals surface area (Å²) in [6.07, 6.45) is 0.439. The summed E-state index contributed by atoms with van der Waals surface area (Å²) in [5.74, 6) is 1.51. The van der Waals surface area contributed by atoms with Gasteiger partial charge in [-0.05, 0) is 31.5 Å². The molecule has 0 spiro atoms. The highest BCUT2D eigenvalue weighted by Crippen LogP contribution is 2.17. The molecule has 1 aliphatic rings. The second-order valence-corrected chi connectivity index (χ2v) is 8.96. The summed E-state index contributed by atoms with van der Waals surface area (Å²) in [4.78, 5) is 29.8. The summed E-state index contributed by atoms with van der Waals surface area (Å²) in [5, 5.41) is 9.37. The Morgan fingerprint density at radius 2 is 1.64 bits per heavy atom. The van der Waals surface area contributed by atoms with Crippen molar-refractivity contribution in [2.45, 2.75) is 26.8 Å². The summed E-state index contributed by atoms with van der Waals surface area (Å²) in [5.41, 5.74) is 4.05. The number of rotatable bonds is 4. The fourth-order valence-corrected chi connectivity index (χ4v) is 4.51. The molecule has 0 aliphatic carbocycles. The number of benzene rings is 2. The lowest BCUT2D eigenvalue weighted by Crippen LogP contribution is -2.48. The third kappa shape index (κ3) is 4.02. The first-order valence-electron chi connectivity index (χ1n) is 11.3. The van der Waals surface area contributed by atoms with Crippen LogP contribution in [0, 0.1) is 13.8 Å². The Morgan fingerprint density at radius 1 is 0.939 bits per heavy atom. The van der Waals surface area contributed by atoms with Gasteiger partial charge in [-0.25, -0.2) is 0 Å². The topological polar surface area (TPSA) is 75.7 Å². The van der Waals surface area contributed by atoms with Gasteiger partial charge in [-0.1, -0.05) is 41.5 Å². The molecule has 1 aliphatic heterocycles. The predicted octanol–water partition coefficient (Wildman–Crippen LogP) is 2.08. The number of aromatic nitrogens is 4. The molecule has 2 aromatic carbocycles. The molecule has 8 nitrogen and oxygen atoms in total. The van der Waals surface area contributed by atoms with E-state index in [2.05, 4.69) is 15.1 Å². The van der Waals surface area contributed by atoms with Crippen LogP contribution in [-0.4, -0.2) is 61.1 Å². The molecule has 4 aromatic rings. The first-order chi connectivity index (χ1) is 15.9. The maximum absolute atomic E-state index is 12.8. The zero-order valence-electron chi connectivity index (χ0n) is 19.3. The van der Waals surface area contributed by atoms with Crippen LogP contribution < -0.4 is 5.56 Å². The van der Waals surface area contributed by atoms with Crippen molar-refractivity contribution in [1.29, 1.82) is 0 Å². The number of carbonyl (C=O) groups excluding carboxylic acids is 1. The van der Waals surface area contributed by atoms with Crippen LogP contribution in [0.4, 0.5) is 0 Å². The normalized spacial score (nSPS) is 14.9. The summed E-state index contributed by atoms with van der Waals surface area (Å²) < 4.78 is 3.53. The third-order valence-electron chi connectivity index (χ3n) is 6.51. The molecule has 0 unspecified atom stereocenters. The molecule has 1 amide bonds. The van der Waals surface area contributed by atoms with Crippen molar-refractivity contribution < 1.29 is 4.79 Å². The molecule has 0 N–H and O–H groups in total. The van der Waals surface area contributed by atoms with E-state index in [1.54, 1.807) is 11.6 Å². The fourth-order valence-electron chi connectivity index (χ4n) is 4.51. The van der Waals surface area contributed by atoms with Crippen LogP contribution in [0.25, 0.3) is 16.7 Å². The van der Waals surface area contributed by atoms with Gasteiger partial charge in [0.05, 0.1) is 23.9 Å². The average Bonchev–Trinajstić information content (AvgIpc) is 3.23. The van der Waals surface area contributed by atoms with Crippen LogP contribution in [0.1, 0.15) is 22.5 Å². The quantitative estimate of drug-likeness (QED) is 0.482. The fraction of sp³-hybridized carbons (Fsp3) is 0.360. The second kappa shape index (κ2) is 8.44. The standard InChI is InChI=1S/C25H28N6O2/c1-17-4-7-19(8-5-17)15-23(32)30-12-10-29(11-13-30)16-22-26-27-25-28(3)24(33)20-14-18(2)6-9-21(20)31(22)25/h4-9,14H,10-13,15-16H2,1-3H3. The number of amides is 1. The van der Waals surface area contributed by atoms with Gasteiger partial charge in [0, 0.05) is 33.2 Å². The van der Waals surface area contributed by atoms with Gasteiger partial charge in [-0.15, -0.1) is 10.2 Å².